The zero-order valence-electron chi connectivity index (χ0n) is 9.31. The Kier molecular flexibility index (Phi) is 2.08. The van der Waals surface area contributed by atoms with Crippen LogP contribution in [0.2, 0.25) is 0 Å². The number of H-pyrrole nitrogens is 1. The molecule has 84 valence electrons. The van der Waals surface area contributed by atoms with Gasteiger partial charge in [-0.1, -0.05) is 12.1 Å². The number of hydrogen-bond acceptors (Lipinski definition) is 3. The molecule has 1 aromatic carbocycles. The van der Waals surface area contributed by atoms with E-state index in [1.807, 2.05) is 25.1 Å². The van der Waals surface area contributed by atoms with Gasteiger partial charge in [0, 0.05) is 11.8 Å². The van der Waals surface area contributed by atoms with E-state index in [1.54, 1.807) is 12.3 Å². The molecule has 0 bridgehead atoms. The highest BCUT2D eigenvalue weighted by Gasteiger charge is 2.07. The standard InChI is InChI=1S/C13H11N3O/c1-8-3-2-4-11-12(8)16-13(15-11)9-5-10(17)7-14-6-9/h2-7,17H,1H3,(H,15,16). The molecule has 3 rings (SSSR count). The molecular formula is C13H11N3O. The second-order valence-electron chi connectivity index (χ2n) is 3.99. The molecule has 0 atom stereocenters. The molecule has 0 saturated heterocycles. The number of benzene rings is 1. The summed E-state index contributed by atoms with van der Waals surface area (Å²) in [6.45, 7) is 2.02. The Bertz CT molecular complexity index is 688. The average molecular weight is 225 g/mol. The van der Waals surface area contributed by atoms with Crippen LogP contribution in [0.5, 0.6) is 5.75 Å². The minimum atomic E-state index is 0.139. The van der Waals surface area contributed by atoms with Crippen molar-refractivity contribution in [2.24, 2.45) is 0 Å². The first kappa shape index (κ1) is 9.84. The van der Waals surface area contributed by atoms with Crippen molar-refractivity contribution in [2.45, 2.75) is 6.92 Å². The molecular weight excluding hydrogens is 214 g/mol. The monoisotopic (exact) mass is 225 g/mol. The maximum absolute atomic E-state index is 9.40. The fraction of sp³-hybridized carbons (Fsp3) is 0.0769. The molecule has 0 aliphatic rings. The third-order valence-corrected chi connectivity index (χ3v) is 2.71. The van der Waals surface area contributed by atoms with Gasteiger partial charge in [-0.15, -0.1) is 0 Å². The Morgan fingerprint density at radius 1 is 1.24 bits per heavy atom. The predicted octanol–water partition coefficient (Wildman–Crippen LogP) is 2.64. The fourth-order valence-electron chi connectivity index (χ4n) is 1.87. The van der Waals surface area contributed by atoms with Crippen molar-refractivity contribution in [3.8, 4) is 17.1 Å². The smallest absolute Gasteiger partial charge is 0.140 e. The predicted molar refractivity (Wildman–Crippen MR) is 65.7 cm³/mol. The molecule has 0 spiro atoms. The number of aryl methyl sites for hydroxylation is 1. The number of nitrogens with one attached hydrogen (secondary N) is 1. The number of rotatable bonds is 1. The Hall–Kier alpha value is -2.36. The summed E-state index contributed by atoms with van der Waals surface area (Å²) < 4.78 is 0. The molecule has 2 aromatic heterocycles. The number of aromatic hydroxyl groups is 1. The van der Waals surface area contributed by atoms with Crippen molar-refractivity contribution >= 4 is 11.0 Å². The zero-order valence-corrected chi connectivity index (χ0v) is 9.31. The van der Waals surface area contributed by atoms with E-state index < -0.39 is 0 Å². The van der Waals surface area contributed by atoms with Gasteiger partial charge in [0.25, 0.3) is 0 Å². The Morgan fingerprint density at radius 2 is 2.12 bits per heavy atom. The summed E-state index contributed by atoms with van der Waals surface area (Å²) >= 11 is 0. The summed E-state index contributed by atoms with van der Waals surface area (Å²) in [7, 11) is 0. The number of fused-ring (bicyclic) bond motifs is 1. The number of hydrogen-bond donors (Lipinski definition) is 2. The molecule has 4 heteroatoms. The summed E-state index contributed by atoms with van der Waals surface area (Å²) in [5.74, 6) is 0.859. The van der Waals surface area contributed by atoms with Crippen molar-refractivity contribution in [1.82, 2.24) is 15.0 Å². The zero-order chi connectivity index (χ0) is 11.8. The average Bonchev–Trinajstić information content (AvgIpc) is 2.74. The van der Waals surface area contributed by atoms with Gasteiger partial charge in [-0.3, -0.25) is 4.98 Å². The molecule has 17 heavy (non-hydrogen) atoms. The van der Waals surface area contributed by atoms with Crippen molar-refractivity contribution < 1.29 is 5.11 Å². The van der Waals surface area contributed by atoms with Crippen molar-refractivity contribution in [1.29, 1.82) is 0 Å². The quantitative estimate of drug-likeness (QED) is 0.669. The molecule has 0 fully saturated rings. The van der Waals surface area contributed by atoms with Gasteiger partial charge in [0.1, 0.15) is 11.6 Å². The van der Waals surface area contributed by atoms with E-state index >= 15 is 0 Å². The molecule has 0 unspecified atom stereocenters. The first-order chi connectivity index (χ1) is 8.24. The molecule has 0 aliphatic carbocycles. The molecule has 2 heterocycles. The van der Waals surface area contributed by atoms with Crippen molar-refractivity contribution in [2.75, 3.05) is 0 Å². The molecule has 0 radical (unpaired) electrons. The number of nitrogens with zero attached hydrogens (tertiary/aromatic N) is 2. The SMILES string of the molecule is Cc1cccc2[nH]c(-c3cncc(O)c3)nc12. The summed E-state index contributed by atoms with van der Waals surface area (Å²) in [4.78, 5) is 11.7. The van der Waals surface area contributed by atoms with Crippen LogP contribution in [-0.4, -0.2) is 20.1 Å². The van der Waals surface area contributed by atoms with Crippen LogP contribution in [0, 0.1) is 6.92 Å². The van der Waals surface area contributed by atoms with E-state index in [0.29, 0.717) is 0 Å². The number of imidazole rings is 1. The number of para-hydroxylation sites is 1. The summed E-state index contributed by atoms with van der Waals surface area (Å²) in [6.07, 6.45) is 3.07. The summed E-state index contributed by atoms with van der Waals surface area (Å²) in [5, 5.41) is 9.40. The summed E-state index contributed by atoms with van der Waals surface area (Å²) in [5.41, 5.74) is 3.84. The Morgan fingerprint density at radius 3 is 2.88 bits per heavy atom. The minimum Gasteiger partial charge on any atom is -0.506 e. The van der Waals surface area contributed by atoms with Crippen molar-refractivity contribution in [3.05, 3.63) is 42.2 Å². The maximum atomic E-state index is 9.40. The second kappa shape index (κ2) is 3.59. The lowest BCUT2D eigenvalue weighted by atomic mass is 10.2. The van der Waals surface area contributed by atoms with Crippen LogP contribution in [0.25, 0.3) is 22.4 Å². The lowest BCUT2D eigenvalue weighted by Gasteiger charge is -1.95. The summed E-state index contributed by atoms with van der Waals surface area (Å²) in [6, 6.07) is 7.63. The van der Waals surface area contributed by atoms with Crippen molar-refractivity contribution in [3.63, 3.8) is 0 Å². The topological polar surface area (TPSA) is 61.8 Å². The van der Waals surface area contributed by atoms with E-state index in [2.05, 4.69) is 15.0 Å². The fourth-order valence-corrected chi connectivity index (χ4v) is 1.87. The number of pyridine rings is 1. The van der Waals surface area contributed by atoms with E-state index in [-0.39, 0.29) is 5.75 Å². The molecule has 3 aromatic rings. The van der Waals surface area contributed by atoms with Crippen LogP contribution >= 0.6 is 0 Å². The molecule has 0 saturated carbocycles. The van der Waals surface area contributed by atoms with Gasteiger partial charge >= 0.3 is 0 Å². The normalized spacial score (nSPS) is 10.9. The highest BCUT2D eigenvalue weighted by atomic mass is 16.3. The van der Waals surface area contributed by atoms with Gasteiger partial charge in [0.05, 0.1) is 17.2 Å². The third-order valence-electron chi connectivity index (χ3n) is 2.71. The molecule has 2 N–H and O–H groups in total. The lowest BCUT2D eigenvalue weighted by molar-refractivity contribution is 0.473. The van der Waals surface area contributed by atoms with E-state index in [1.165, 1.54) is 6.20 Å². The highest BCUT2D eigenvalue weighted by Crippen LogP contribution is 2.23. The highest BCUT2D eigenvalue weighted by molar-refractivity contribution is 5.82. The van der Waals surface area contributed by atoms with Gasteiger partial charge in [-0.25, -0.2) is 4.98 Å². The largest absolute Gasteiger partial charge is 0.506 e. The number of aromatic nitrogens is 3. The third kappa shape index (κ3) is 1.63. The first-order valence-corrected chi connectivity index (χ1v) is 5.34. The second-order valence-corrected chi connectivity index (χ2v) is 3.99. The Labute approximate surface area is 98.0 Å². The van der Waals surface area contributed by atoms with Crippen LogP contribution < -0.4 is 0 Å². The maximum Gasteiger partial charge on any atom is 0.140 e. The molecule has 4 nitrogen and oxygen atoms in total. The van der Waals surface area contributed by atoms with E-state index in [9.17, 15) is 5.11 Å². The molecule has 0 aliphatic heterocycles. The first-order valence-electron chi connectivity index (χ1n) is 5.34. The minimum absolute atomic E-state index is 0.139. The van der Waals surface area contributed by atoms with E-state index in [4.69, 9.17) is 0 Å². The lowest BCUT2D eigenvalue weighted by Crippen LogP contribution is -1.81. The van der Waals surface area contributed by atoms with Crippen LogP contribution in [0.3, 0.4) is 0 Å². The Balaban J connectivity index is 2.22. The van der Waals surface area contributed by atoms with Crippen LogP contribution in [-0.2, 0) is 0 Å². The van der Waals surface area contributed by atoms with Gasteiger partial charge < -0.3 is 10.1 Å². The van der Waals surface area contributed by atoms with Crippen LogP contribution in [0.1, 0.15) is 5.56 Å². The number of aromatic amines is 1. The van der Waals surface area contributed by atoms with Gasteiger partial charge in [-0.05, 0) is 24.6 Å². The van der Waals surface area contributed by atoms with Crippen LogP contribution in [0.15, 0.2) is 36.7 Å². The van der Waals surface area contributed by atoms with Gasteiger partial charge in [0.15, 0.2) is 0 Å². The van der Waals surface area contributed by atoms with Crippen LogP contribution in [0.4, 0.5) is 0 Å². The van der Waals surface area contributed by atoms with E-state index in [0.717, 1.165) is 28.0 Å². The van der Waals surface area contributed by atoms with Gasteiger partial charge in [0.2, 0.25) is 0 Å². The molecule has 0 amide bonds. The van der Waals surface area contributed by atoms with Gasteiger partial charge in [-0.2, -0.15) is 0 Å².